The zero-order chi connectivity index (χ0) is 17.6. The van der Waals surface area contributed by atoms with Crippen molar-refractivity contribution in [3.8, 4) is 0 Å². The van der Waals surface area contributed by atoms with Crippen LogP contribution in [0.5, 0.6) is 0 Å². The van der Waals surface area contributed by atoms with E-state index >= 15 is 0 Å². The van der Waals surface area contributed by atoms with Gasteiger partial charge in [-0.2, -0.15) is 13.2 Å². The Bertz CT molecular complexity index is 686. The van der Waals surface area contributed by atoms with E-state index in [2.05, 4.69) is 5.32 Å². The number of rotatable bonds is 6. The average molecular weight is 357 g/mol. The molecular formula is C17H15F4NOS. The van der Waals surface area contributed by atoms with Crippen LogP contribution in [-0.4, -0.2) is 18.2 Å². The van der Waals surface area contributed by atoms with Crippen molar-refractivity contribution in [1.29, 1.82) is 0 Å². The van der Waals surface area contributed by atoms with Gasteiger partial charge in [-0.05, 0) is 36.2 Å². The molecule has 0 fully saturated rings. The number of thioether (sulfide) groups is 1. The summed E-state index contributed by atoms with van der Waals surface area (Å²) in [6.45, 7) is 0.308. The summed E-state index contributed by atoms with van der Waals surface area (Å²) in [6.07, 6.45) is -3.93. The molecule has 0 saturated heterocycles. The van der Waals surface area contributed by atoms with Gasteiger partial charge < -0.3 is 5.32 Å². The molecule has 0 unspecified atom stereocenters. The molecule has 0 heterocycles. The fourth-order valence-corrected chi connectivity index (χ4v) is 2.73. The Morgan fingerprint density at radius 2 is 1.71 bits per heavy atom. The molecule has 2 aromatic rings. The molecule has 0 aliphatic heterocycles. The normalized spacial score (nSPS) is 11.3. The number of nitrogens with one attached hydrogen (secondary N) is 1. The maximum Gasteiger partial charge on any atom is 0.416 e. The van der Waals surface area contributed by atoms with Gasteiger partial charge in [-0.3, -0.25) is 4.79 Å². The number of amides is 1. The van der Waals surface area contributed by atoms with Crippen LogP contribution in [0.2, 0.25) is 0 Å². The van der Waals surface area contributed by atoms with Crippen LogP contribution in [-0.2, 0) is 17.4 Å². The van der Waals surface area contributed by atoms with Gasteiger partial charge in [0.1, 0.15) is 5.82 Å². The van der Waals surface area contributed by atoms with Crippen LogP contribution in [0.15, 0.2) is 53.4 Å². The van der Waals surface area contributed by atoms with E-state index in [1.807, 2.05) is 0 Å². The minimum Gasteiger partial charge on any atom is -0.355 e. The quantitative estimate of drug-likeness (QED) is 0.617. The second kappa shape index (κ2) is 8.19. The molecule has 0 aliphatic carbocycles. The van der Waals surface area contributed by atoms with E-state index in [9.17, 15) is 22.4 Å². The molecule has 1 N–H and O–H groups in total. The Morgan fingerprint density at radius 1 is 1.04 bits per heavy atom. The first-order valence-corrected chi connectivity index (χ1v) is 8.15. The van der Waals surface area contributed by atoms with Crippen molar-refractivity contribution in [2.24, 2.45) is 0 Å². The summed E-state index contributed by atoms with van der Waals surface area (Å²) >= 11 is 1.09. The second-order valence-corrected chi connectivity index (χ2v) is 6.03. The Kier molecular flexibility index (Phi) is 6.25. The monoisotopic (exact) mass is 357 g/mol. The molecule has 0 bridgehead atoms. The highest BCUT2D eigenvalue weighted by atomic mass is 32.2. The Morgan fingerprint density at radius 3 is 2.33 bits per heavy atom. The SMILES string of the molecule is O=C(CSc1ccccc1F)NCCc1ccc(C(F)(F)F)cc1. The number of hydrogen-bond acceptors (Lipinski definition) is 2. The van der Waals surface area contributed by atoms with Crippen LogP contribution in [0.4, 0.5) is 17.6 Å². The lowest BCUT2D eigenvalue weighted by Crippen LogP contribution is -2.27. The van der Waals surface area contributed by atoms with Gasteiger partial charge in [0, 0.05) is 11.4 Å². The maximum absolute atomic E-state index is 13.4. The van der Waals surface area contributed by atoms with E-state index in [0.717, 1.165) is 23.9 Å². The molecule has 128 valence electrons. The van der Waals surface area contributed by atoms with Crippen LogP contribution in [0.3, 0.4) is 0 Å². The average Bonchev–Trinajstić information content (AvgIpc) is 2.54. The topological polar surface area (TPSA) is 29.1 Å². The van der Waals surface area contributed by atoms with Crippen LogP contribution in [0.25, 0.3) is 0 Å². The predicted molar refractivity (Wildman–Crippen MR) is 85.3 cm³/mol. The molecule has 0 aliphatic rings. The van der Waals surface area contributed by atoms with Crippen molar-refractivity contribution in [3.63, 3.8) is 0 Å². The number of hydrogen-bond donors (Lipinski definition) is 1. The number of carbonyl (C=O) groups is 1. The van der Waals surface area contributed by atoms with Gasteiger partial charge in [0.05, 0.1) is 11.3 Å². The Balaban J connectivity index is 1.74. The van der Waals surface area contributed by atoms with Crippen LogP contribution < -0.4 is 5.32 Å². The van der Waals surface area contributed by atoms with Gasteiger partial charge in [-0.1, -0.05) is 24.3 Å². The third-order valence-corrected chi connectivity index (χ3v) is 4.26. The minimum absolute atomic E-state index is 0.0773. The highest BCUT2D eigenvalue weighted by Gasteiger charge is 2.29. The van der Waals surface area contributed by atoms with Gasteiger partial charge in [-0.15, -0.1) is 11.8 Å². The van der Waals surface area contributed by atoms with E-state index in [1.54, 1.807) is 18.2 Å². The molecule has 0 atom stereocenters. The highest BCUT2D eigenvalue weighted by Crippen LogP contribution is 2.29. The number of halogens is 4. The molecule has 0 spiro atoms. The van der Waals surface area contributed by atoms with Crippen LogP contribution in [0.1, 0.15) is 11.1 Å². The third kappa shape index (κ3) is 5.56. The van der Waals surface area contributed by atoms with Gasteiger partial charge in [0.15, 0.2) is 0 Å². The number of carbonyl (C=O) groups excluding carboxylic acids is 1. The summed E-state index contributed by atoms with van der Waals surface area (Å²) < 4.78 is 50.7. The highest BCUT2D eigenvalue weighted by molar-refractivity contribution is 8.00. The van der Waals surface area contributed by atoms with Gasteiger partial charge >= 0.3 is 6.18 Å². The van der Waals surface area contributed by atoms with Crippen molar-refractivity contribution in [2.75, 3.05) is 12.3 Å². The van der Waals surface area contributed by atoms with Gasteiger partial charge in [0.25, 0.3) is 0 Å². The molecule has 2 nitrogen and oxygen atoms in total. The van der Waals surface area contributed by atoms with Crippen molar-refractivity contribution in [3.05, 3.63) is 65.5 Å². The molecular weight excluding hydrogens is 342 g/mol. The first kappa shape index (κ1) is 18.3. The number of alkyl halides is 3. The predicted octanol–water partition coefficient (Wildman–Crippen LogP) is 4.30. The summed E-state index contributed by atoms with van der Waals surface area (Å²) in [5.74, 6) is -0.552. The zero-order valence-electron chi connectivity index (χ0n) is 12.6. The molecule has 24 heavy (non-hydrogen) atoms. The van der Waals surface area contributed by atoms with Crippen LogP contribution in [0, 0.1) is 5.82 Å². The molecule has 0 radical (unpaired) electrons. The summed E-state index contributed by atoms with van der Waals surface area (Å²) in [6, 6.07) is 11.0. The van der Waals surface area contributed by atoms with E-state index in [0.29, 0.717) is 23.4 Å². The lowest BCUT2D eigenvalue weighted by Gasteiger charge is -2.08. The van der Waals surface area contributed by atoms with Crippen molar-refractivity contribution in [1.82, 2.24) is 5.32 Å². The summed E-state index contributed by atoms with van der Waals surface area (Å²) in [7, 11) is 0. The van der Waals surface area contributed by atoms with E-state index < -0.39 is 11.7 Å². The van der Waals surface area contributed by atoms with Gasteiger partial charge in [-0.25, -0.2) is 4.39 Å². The van der Waals surface area contributed by atoms with Crippen LogP contribution >= 0.6 is 11.8 Å². The third-order valence-electron chi connectivity index (χ3n) is 3.21. The molecule has 7 heteroatoms. The summed E-state index contributed by atoms with van der Waals surface area (Å²) in [4.78, 5) is 12.1. The number of benzene rings is 2. The fourth-order valence-electron chi connectivity index (χ4n) is 1.96. The molecule has 1 amide bonds. The van der Waals surface area contributed by atoms with Crippen molar-refractivity contribution in [2.45, 2.75) is 17.5 Å². The molecule has 2 rings (SSSR count). The van der Waals surface area contributed by atoms with E-state index in [-0.39, 0.29) is 17.5 Å². The van der Waals surface area contributed by atoms with Crippen molar-refractivity contribution < 1.29 is 22.4 Å². The standard InChI is InChI=1S/C17H15F4NOS/c18-14-3-1-2-4-15(14)24-11-16(23)22-10-9-12-5-7-13(8-6-12)17(19,20)21/h1-8H,9-11H2,(H,22,23). The van der Waals surface area contributed by atoms with Crippen molar-refractivity contribution >= 4 is 17.7 Å². The lowest BCUT2D eigenvalue weighted by atomic mass is 10.1. The lowest BCUT2D eigenvalue weighted by molar-refractivity contribution is -0.137. The minimum atomic E-state index is -4.35. The largest absolute Gasteiger partial charge is 0.416 e. The van der Waals surface area contributed by atoms with E-state index in [1.165, 1.54) is 18.2 Å². The summed E-state index contributed by atoms with van der Waals surface area (Å²) in [5.41, 5.74) is 0.00151. The summed E-state index contributed by atoms with van der Waals surface area (Å²) in [5, 5.41) is 2.66. The Hall–Kier alpha value is -2.02. The van der Waals surface area contributed by atoms with E-state index in [4.69, 9.17) is 0 Å². The molecule has 0 aromatic heterocycles. The Labute approximate surface area is 141 Å². The first-order chi connectivity index (χ1) is 11.4. The smallest absolute Gasteiger partial charge is 0.355 e. The van der Waals surface area contributed by atoms with Gasteiger partial charge in [0.2, 0.25) is 5.91 Å². The fraction of sp³-hybridized carbons (Fsp3) is 0.235. The molecule has 2 aromatic carbocycles. The maximum atomic E-state index is 13.4. The second-order valence-electron chi connectivity index (χ2n) is 5.01. The first-order valence-electron chi connectivity index (χ1n) is 7.16. The molecule has 0 saturated carbocycles. The zero-order valence-corrected chi connectivity index (χ0v) is 13.4.